The van der Waals surface area contributed by atoms with Gasteiger partial charge in [-0.05, 0) is 12.1 Å². The van der Waals surface area contributed by atoms with E-state index in [1.807, 2.05) is 12.1 Å². The van der Waals surface area contributed by atoms with E-state index in [4.69, 9.17) is 5.26 Å². The number of rotatable bonds is 1. The fourth-order valence-electron chi connectivity index (χ4n) is 1.71. The molecule has 82 valence electrons. The Morgan fingerprint density at radius 1 is 1.29 bits per heavy atom. The molecule has 0 fully saturated rings. The van der Waals surface area contributed by atoms with Gasteiger partial charge in [0.15, 0.2) is 0 Å². The first-order valence-electron chi connectivity index (χ1n) is 4.84. The van der Waals surface area contributed by atoms with E-state index in [9.17, 15) is 4.79 Å². The number of nitriles is 1. The maximum absolute atomic E-state index is 11.1. The molecule has 5 nitrogen and oxygen atoms in total. The third-order valence-corrected chi connectivity index (χ3v) is 3.19. The lowest BCUT2D eigenvalue weighted by Gasteiger charge is -1.97. The third kappa shape index (κ3) is 1.53. The van der Waals surface area contributed by atoms with Crippen LogP contribution in [-0.4, -0.2) is 15.0 Å². The number of thiazole rings is 1. The van der Waals surface area contributed by atoms with Crippen LogP contribution in [0, 0.1) is 11.3 Å². The van der Waals surface area contributed by atoms with E-state index in [2.05, 4.69) is 21.0 Å². The van der Waals surface area contributed by atoms with Crippen molar-refractivity contribution in [3.05, 3.63) is 39.1 Å². The standard InChI is InChI=1S/C11H6N4OS/c12-4-9-10(13-5-17-9)6-1-2-7-8(3-6)15-11(16)14-7/h1-3,5H,(H2,14,15,16). The van der Waals surface area contributed by atoms with Crippen molar-refractivity contribution in [2.45, 2.75) is 0 Å². The highest BCUT2D eigenvalue weighted by Gasteiger charge is 2.09. The van der Waals surface area contributed by atoms with Gasteiger partial charge >= 0.3 is 5.69 Å². The average Bonchev–Trinajstić information content (AvgIpc) is 2.91. The molecule has 17 heavy (non-hydrogen) atoms. The molecule has 2 aromatic heterocycles. The van der Waals surface area contributed by atoms with Crippen LogP contribution in [0.3, 0.4) is 0 Å². The van der Waals surface area contributed by atoms with Gasteiger partial charge in [-0.3, -0.25) is 0 Å². The Bertz CT molecular complexity index is 790. The van der Waals surface area contributed by atoms with Gasteiger partial charge in [0.25, 0.3) is 0 Å². The summed E-state index contributed by atoms with van der Waals surface area (Å²) in [7, 11) is 0. The third-order valence-electron chi connectivity index (χ3n) is 2.46. The van der Waals surface area contributed by atoms with Crippen molar-refractivity contribution in [1.82, 2.24) is 15.0 Å². The molecular formula is C11H6N4OS. The molecule has 0 aliphatic carbocycles. The minimum Gasteiger partial charge on any atom is -0.306 e. The molecule has 2 heterocycles. The molecule has 6 heteroatoms. The first-order chi connectivity index (χ1) is 8.28. The molecule has 0 aliphatic rings. The lowest BCUT2D eigenvalue weighted by atomic mass is 10.1. The van der Waals surface area contributed by atoms with Crippen molar-refractivity contribution in [1.29, 1.82) is 5.26 Å². The largest absolute Gasteiger partial charge is 0.323 e. The van der Waals surface area contributed by atoms with E-state index in [1.165, 1.54) is 11.3 Å². The monoisotopic (exact) mass is 242 g/mol. The second kappa shape index (κ2) is 3.57. The van der Waals surface area contributed by atoms with E-state index < -0.39 is 0 Å². The zero-order chi connectivity index (χ0) is 11.8. The Labute approximate surface area is 99.4 Å². The molecule has 0 aliphatic heterocycles. The minimum absolute atomic E-state index is 0.240. The Morgan fingerprint density at radius 2 is 2.12 bits per heavy atom. The first-order valence-corrected chi connectivity index (χ1v) is 5.72. The summed E-state index contributed by atoms with van der Waals surface area (Å²) in [5, 5.41) is 8.94. The highest BCUT2D eigenvalue weighted by Crippen LogP contribution is 2.26. The molecule has 3 aromatic rings. The van der Waals surface area contributed by atoms with Gasteiger partial charge in [0.2, 0.25) is 0 Å². The van der Waals surface area contributed by atoms with Crippen LogP contribution in [0.5, 0.6) is 0 Å². The van der Waals surface area contributed by atoms with Crippen molar-refractivity contribution in [3.63, 3.8) is 0 Å². The molecule has 0 bridgehead atoms. The van der Waals surface area contributed by atoms with Crippen molar-refractivity contribution in [3.8, 4) is 17.3 Å². The van der Waals surface area contributed by atoms with Gasteiger partial charge in [0.05, 0.1) is 22.2 Å². The molecule has 1 aromatic carbocycles. The number of benzene rings is 1. The molecular weight excluding hydrogens is 236 g/mol. The Kier molecular flexibility index (Phi) is 2.06. The fourth-order valence-corrected chi connectivity index (χ4v) is 2.31. The minimum atomic E-state index is -0.240. The second-order valence-electron chi connectivity index (χ2n) is 3.48. The number of H-pyrrole nitrogens is 2. The van der Waals surface area contributed by atoms with Gasteiger partial charge in [0.1, 0.15) is 10.9 Å². The molecule has 3 rings (SSSR count). The topological polar surface area (TPSA) is 85.3 Å². The van der Waals surface area contributed by atoms with Crippen LogP contribution in [0.1, 0.15) is 4.88 Å². The quantitative estimate of drug-likeness (QED) is 0.682. The highest BCUT2D eigenvalue weighted by molar-refractivity contribution is 7.10. The summed E-state index contributed by atoms with van der Waals surface area (Å²) in [4.78, 5) is 21.2. The number of nitrogens with one attached hydrogen (secondary N) is 2. The van der Waals surface area contributed by atoms with E-state index in [0.29, 0.717) is 16.1 Å². The SMILES string of the molecule is N#Cc1scnc1-c1ccc2[nH]c(=O)[nH]c2c1. The predicted molar refractivity (Wildman–Crippen MR) is 64.7 cm³/mol. The van der Waals surface area contributed by atoms with Gasteiger partial charge in [-0.25, -0.2) is 9.78 Å². The van der Waals surface area contributed by atoms with Crippen molar-refractivity contribution in [2.24, 2.45) is 0 Å². The Morgan fingerprint density at radius 3 is 2.94 bits per heavy atom. The fraction of sp³-hybridized carbons (Fsp3) is 0. The van der Waals surface area contributed by atoms with Crippen LogP contribution in [0.25, 0.3) is 22.3 Å². The summed E-state index contributed by atoms with van der Waals surface area (Å²) in [5.41, 5.74) is 4.33. The maximum Gasteiger partial charge on any atom is 0.323 e. The van der Waals surface area contributed by atoms with E-state index in [0.717, 1.165) is 11.1 Å². The summed E-state index contributed by atoms with van der Waals surface area (Å²) in [6, 6.07) is 7.54. The van der Waals surface area contributed by atoms with Gasteiger partial charge in [-0.2, -0.15) is 5.26 Å². The van der Waals surface area contributed by atoms with Crippen LogP contribution >= 0.6 is 11.3 Å². The number of aromatic amines is 2. The molecule has 0 radical (unpaired) electrons. The average molecular weight is 242 g/mol. The van der Waals surface area contributed by atoms with Crippen molar-refractivity contribution >= 4 is 22.4 Å². The summed E-state index contributed by atoms with van der Waals surface area (Å²) in [6.45, 7) is 0. The van der Waals surface area contributed by atoms with Crippen molar-refractivity contribution in [2.75, 3.05) is 0 Å². The van der Waals surface area contributed by atoms with Crippen LogP contribution in [0.4, 0.5) is 0 Å². The van der Waals surface area contributed by atoms with E-state index >= 15 is 0 Å². The van der Waals surface area contributed by atoms with Gasteiger partial charge < -0.3 is 9.97 Å². The van der Waals surface area contributed by atoms with Crippen LogP contribution < -0.4 is 5.69 Å². The van der Waals surface area contributed by atoms with E-state index in [1.54, 1.807) is 11.6 Å². The smallest absolute Gasteiger partial charge is 0.306 e. The number of nitrogens with zero attached hydrogens (tertiary/aromatic N) is 2. The molecule has 0 unspecified atom stereocenters. The predicted octanol–water partition coefficient (Wildman–Crippen LogP) is 1.85. The highest BCUT2D eigenvalue weighted by atomic mass is 32.1. The van der Waals surface area contributed by atoms with Crippen LogP contribution in [0.2, 0.25) is 0 Å². The lowest BCUT2D eigenvalue weighted by molar-refractivity contribution is 1.21. The molecule has 0 spiro atoms. The number of aromatic nitrogens is 3. The number of imidazole rings is 1. The Hall–Kier alpha value is -2.39. The molecule has 0 amide bonds. The van der Waals surface area contributed by atoms with E-state index in [-0.39, 0.29) is 5.69 Å². The zero-order valence-corrected chi connectivity index (χ0v) is 9.34. The Balaban J connectivity index is 2.25. The summed E-state index contributed by atoms with van der Waals surface area (Å²) in [6.07, 6.45) is 0. The van der Waals surface area contributed by atoms with Gasteiger partial charge in [0, 0.05) is 5.56 Å². The second-order valence-corrected chi connectivity index (χ2v) is 4.34. The summed E-state index contributed by atoms with van der Waals surface area (Å²) in [5.74, 6) is 0. The summed E-state index contributed by atoms with van der Waals surface area (Å²) >= 11 is 1.30. The number of hydrogen-bond donors (Lipinski definition) is 2. The first kappa shape index (κ1) is 9.81. The molecule has 0 atom stereocenters. The van der Waals surface area contributed by atoms with Crippen LogP contribution in [0.15, 0.2) is 28.5 Å². The maximum atomic E-state index is 11.1. The van der Waals surface area contributed by atoms with Crippen LogP contribution in [-0.2, 0) is 0 Å². The summed E-state index contributed by atoms with van der Waals surface area (Å²) < 4.78 is 0. The molecule has 0 saturated carbocycles. The number of fused-ring (bicyclic) bond motifs is 1. The van der Waals surface area contributed by atoms with Gasteiger partial charge in [-0.1, -0.05) is 6.07 Å². The van der Waals surface area contributed by atoms with Crippen molar-refractivity contribution < 1.29 is 0 Å². The lowest BCUT2D eigenvalue weighted by Crippen LogP contribution is -1.99. The normalized spacial score (nSPS) is 10.5. The molecule has 2 N–H and O–H groups in total. The zero-order valence-electron chi connectivity index (χ0n) is 8.52. The molecule has 0 saturated heterocycles. The van der Waals surface area contributed by atoms with Gasteiger partial charge in [-0.15, -0.1) is 11.3 Å². The number of hydrogen-bond acceptors (Lipinski definition) is 4.